The molecule has 4 nitrogen and oxygen atoms in total. The monoisotopic (exact) mass is 328 g/mol. The zero-order valence-electron chi connectivity index (χ0n) is 12.4. The van der Waals surface area contributed by atoms with Gasteiger partial charge in [-0.3, -0.25) is 0 Å². The number of pyridine rings is 1. The minimum absolute atomic E-state index is 0.462. The largest absolute Gasteiger partial charge is 0.396 e. The second-order valence-electron chi connectivity index (χ2n) is 6.16. The molecule has 0 spiro atoms. The predicted octanol–water partition coefficient (Wildman–Crippen LogP) is 3.81. The second-order valence-corrected chi connectivity index (χ2v) is 6.92. The van der Waals surface area contributed by atoms with Gasteiger partial charge in [-0.05, 0) is 31.6 Å². The maximum Gasteiger partial charge on any atom is 0.152 e. The molecule has 2 saturated heterocycles. The molecular weight excluding hydrogens is 307 g/mol. The fraction of sp³-hybridized carbons (Fsp3) is 0.667. The first-order valence-electron chi connectivity index (χ1n) is 7.72. The number of aromatic nitrogens is 1. The van der Waals surface area contributed by atoms with E-state index in [0.29, 0.717) is 15.7 Å². The van der Waals surface area contributed by atoms with Crippen molar-refractivity contribution in [2.45, 2.75) is 32.6 Å². The summed E-state index contributed by atoms with van der Waals surface area (Å²) in [5, 5.41) is 0.994. The van der Waals surface area contributed by atoms with Crippen molar-refractivity contribution in [1.29, 1.82) is 0 Å². The van der Waals surface area contributed by atoms with Crippen LogP contribution in [0.2, 0.25) is 10.0 Å². The van der Waals surface area contributed by atoms with E-state index in [0.717, 1.165) is 43.7 Å². The Kier molecular flexibility index (Phi) is 4.36. The van der Waals surface area contributed by atoms with Gasteiger partial charge in [0.1, 0.15) is 10.0 Å². The Hall–Kier alpha value is -0.870. The summed E-state index contributed by atoms with van der Waals surface area (Å²) in [5.74, 6) is 2.36. The lowest BCUT2D eigenvalue weighted by Crippen LogP contribution is -2.34. The number of hydrogen-bond acceptors (Lipinski definition) is 4. The molecule has 21 heavy (non-hydrogen) atoms. The minimum atomic E-state index is 0.462. The van der Waals surface area contributed by atoms with Gasteiger partial charge in [-0.15, -0.1) is 0 Å². The van der Waals surface area contributed by atoms with Gasteiger partial charge < -0.3 is 15.5 Å². The molecule has 0 atom stereocenters. The van der Waals surface area contributed by atoms with E-state index >= 15 is 0 Å². The third-order valence-electron chi connectivity index (χ3n) is 4.57. The molecule has 1 aromatic heterocycles. The molecule has 1 aromatic rings. The van der Waals surface area contributed by atoms with Crippen molar-refractivity contribution in [3.8, 4) is 0 Å². The number of hydrogen-bond donors (Lipinski definition) is 1. The Morgan fingerprint density at radius 1 is 0.952 bits per heavy atom. The Bertz CT molecular complexity index is 521. The molecule has 2 fully saturated rings. The van der Waals surface area contributed by atoms with Crippen LogP contribution in [-0.4, -0.2) is 31.2 Å². The molecule has 3 heterocycles. The first-order valence-corrected chi connectivity index (χ1v) is 8.48. The highest BCUT2D eigenvalue weighted by molar-refractivity contribution is 6.41. The van der Waals surface area contributed by atoms with E-state index in [1.54, 1.807) is 0 Å². The fourth-order valence-corrected chi connectivity index (χ4v) is 3.67. The van der Waals surface area contributed by atoms with Crippen molar-refractivity contribution >= 4 is 40.5 Å². The highest BCUT2D eigenvalue weighted by Crippen LogP contribution is 2.41. The van der Waals surface area contributed by atoms with Gasteiger partial charge in [0.2, 0.25) is 0 Å². The van der Waals surface area contributed by atoms with Crippen LogP contribution in [0.1, 0.15) is 32.6 Å². The first kappa shape index (κ1) is 15.0. The van der Waals surface area contributed by atoms with Gasteiger partial charge in [0, 0.05) is 26.2 Å². The van der Waals surface area contributed by atoms with E-state index in [1.807, 2.05) is 0 Å². The van der Waals surface area contributed by atoms with Crippen LogP contribution in [0.15, 0.2) is 0 Å². The summed E-state index contributed by atoms with van der Waals surface area (Å²) in [6.07, 6.45) is 4.69. The molecule has 0 radical (unpaired) electrons. The summed E-state index contributed by atoms with van der Waals surface area (Å²) in [6, 6.07) is 0. The van der Waals surface area contributed by atoms with Crippen molar-refractivity contribution in [3.05, 3.63) is 10.0 Å². The minimum Gasteiger partial charge on any atom is -0.396 e. The second kappa shape index (κ2) is 6.09. The summed E-state index contributed by atoms with van der Waals surface area (Å²) in [7, 11) is 0. The summed E-state index contributed by atoms with van der Waals surface area (Å²) < 4.78 is 0. The number of anilines is 3. The van der Waals surface area contributed by atoms with Crippen LogP contribution in [-0.2, 0) is 0 Å². The van der Waals surface area contributed by atoms with E-state index in [-0.39, 0.29) is 0 Å². The van der Waals surface area contributed by atoms with Crippen LogP contribution in [0.25, 0.3) is 0 Å². The van der Waals surface area contributed by atoms with E-state index in [2.05, 4.69) is 16.7 Å². The lowest BCUT2D eigenvalue weighted by atomic mass is 9.99. The third-order valence-corrected chi connectivity index (χ3v) is 5.31. The molecule has 0 unspecified atom stereocenters. The summed E-state index contributed by atoms with van der Waals surface area (Å²) in [5.41, 5.74) is 6.59. The summed E-state index contributed by atoms with van der Waals surface area (Å²) in [6.45, 7) is 6.23. The molecule has 2 aliphatic rings. The van der Waals surface area contributed by atoms with Gasteiger partial charge >= 0.3 is 0 Å². The van der Waals surface area contributed by atoms with Crippen molar-refractivity contribution in [2.75, 3.05) is 41.7 Å². The van der Waals surface area contributed by atoms with Crippen LogP contribution in [0.4, 0.5) is 17.3 Å². The van der Waals surface area contributed by atoms with E-state index < -0.39 is 0 Å². The summed E-state index contributed by atoms with van der Waals surface area (Å²) >= 11 is 12.8. The van der Waals surface area contributed by atoms with Crippen molar-refractivity contribution in [2.24, 2.45) is 5.92 Å². The predicted molar refractivity (Wildman–Crippen MR) is 90.7 cm³/mol. The smallest absolute Gasteiger partial charge is 0.152 e. The number of nitrogens with zero attached hydrogens (tertiary/aromatic N) is 3. The van der Waals surface area contributed by atoms with Gasteiger partial charge in [0.25, 0.3) is 0 Å². The van der Waals surface area contributed by atoms with Gasteiger partial charge in [-0.1, -0.05) is 30.1 Å². The lowest BCUT2D eigenvalue weighted by molar-refractivity contribution is 0.436. The molecule has 116 valence electrons. The van der Waals surface area contributed by atoms with Gasteiger partial charge in [-0.25, -0.2) is 4.98 Å². The van der Waals surface area contributed by atoms with E-state index in [9.17, 15) is 0 Å². The van der Waals surface area contributed by atoms with Gasteiger partial charge in [0.05, 0.1) is 5.69 Å². The van der Waals surface area contributed by atoms with Crippen LogP contribution >= 0.6 is 23.2 Å². The molecule has 2 N–H and O–H groups in total. The molecule has 0 amide bonds. The third kappa shape index (κ3) is 2.88. The topological polar surface area (TPSA) is 45.4 Å². The molecular formula is C15H22Cl2N4. The number of halogens is 2. The Morgan fingerprint density at radius 2 is 1.43 bits per heavy atom. The van der Waals surface area contributed by atoms with Gasteiger partial charge in [0.15, 0.2) is 11.6 Å². The molecule has 2 aliphatic heterocycles. The molecule has 0 aliphatic carbocycles. The van der Waals surface area contributed by atoms with Crippen LogP contribution in [0.3, 0.4) is 0 Å². The quantitative estimate of drug-likeness (QED) is 0.896. The molecule has 0 bridgehead atoms. The average Bonchev–Trinajstić information content (AvgIpc) is 3.00. The standard InChI is InChI=1S/C15H22Cl2N4/c1-10-4-8-21(9-5-10)15-12(17)13(18)11(16)14(19-15)20-6-2-3-7-20/h10H,2-9H2,1H3,(H2,18,19). The van der Waals surface area contributed by atoms with Crippen LogP contribution in [0, 0.1) is 5.92 Å². The van der Waals surface area contributed by atoms with Crippen LogP contribution < -0.4 is 15.5 Å². The highest BCUT2D eigenvalue weighted by Gasteiger charge is 2.26. The summed E-state index contributed by atoms with van der Waals surface area (Å²) in [4.78, 5) is 9.23. The molecule has 0 saturated carbocycles. The molecule has 0 aromatic carbocycles. The van der Waals surface area contributed by atoms with Crippen molar-refractivity contribution < 1.29 is 0 Å². The zero-order chi connectivity index (χ0) is 15.0. The Labute approximate surface area is 136 Å². The van der Waals surface area contributed by atoms with Gasteiger partial charge in [-0.2, -0.15) is 0 Å². The van der Waals surface area contributed by atoms with E-state index in [1.165, 1.54) is 25.7 Å². The number of nitrogen functional groups attached to an aromatic ring is 1. The average molecular weight is 329 g/mol. The first-order chi connectivity index (χ1) is 10.1. The number of rotatable bonds is 2. The Balaban J connectivity index is 1.95. The lowest BCUT2D eigenvalue weighted by Gasteiger charge is -2.33. The number of nitrogens with two attached hydrogens (primary N) is 1. The normalized spacial score (nSPS) is 20.3. The SMILES string of the molecule is CC1CCN(c2nc(N3CCCC3)c(Cl)c(N)c2Cl)CC1. The van der Waals surface area contributed by atoms with Crippen molar-refractivity contribution in [1.82, 2.24) is 4.98 Å². The van der Waals surface area contributed by atoms with Crippen molar-refractivity contribution in [3.63, 3.8) is 0 Å². The Morgan fingerprint density at radius 3 is 1.95 bits per heavy atom. The maximum atomic E-state index is 6.41. The maximum absolute atomic E-state index is 6.41. The zero-order valence-corrected chi connectivity index (χ0v) is 13.9. The highest BCUT2D eigenvalue weighted by atomic mass is 35.5. The van der Waals surface area contributed by atoms with E-state index in [4.69, 9.17) is 33.9 Å². The number of piperidine rings is 1. The fourth-order valence-electron chi connectivity index (χ4n) is 3.10. The molecule has 3 rings (SSSR count). The van der Waals surface area contributed by atoms with Crippen LogP contribution in [0.5, 0.6) is 0 Å². The molecule has 6 heteroatoms.